The first-order valence-corrected chi connectivity index (χ1v) is 11.4. The molecule has 0 saturated carbocycles. The summed E-state index contributed by atoms with van der Waals surface area (Å²) in [5.74, 6) is 0.0742. The molecule has 0 aliphatic carbocycles. The predicted molar refractivity (Wildman–Crippen MR) is 128 cm³/mol. The van der Waals surface area contributed by atoms with Crippen molar-refractivity contribution in [2.75, 3.05) is 17.7 Å². The molecule has 0 saturated heterocycles. The number of unbranched alkanes of at least 4 members (excludes halogenated alkanes) is 1. The summed E-state index contributed by atoms with van der Waals surface area (Å²) >= 11 is 1.47. The van der Waals surface area contributed by atoms with E-state index in [2.05, 4.69) is 43.2 Å². The van der Waals surface area contributed by atoms with Crippen LogP contribution in [-0.4, -0.2) is 49.5 Å². The summed E-state index contributed by atoms with van der Waals surface area (Å²) in [4.78, 5) is 34.5. The molecule has 2 amide bonds. The molecule has 174 valence electrons. The second-order valence-corrected chi connectivity index (χ2v) is 8.17. The van der Waals surface area contributed by atoms with E-state index >= 15 is 0 Å². The minimum atomic E-state index is -0.422. The van der Waals surface area contributed by atoms with E-state index in [-0.39, 0.29) is 11.9 Å². The molecule has 3 heterocycles. The molecule has 0 aliphatic heterocycles. The van der Waals surface area contributed by atoms with E-state index in [1.54, 1.807) is 30.6 Å². The number of benzene rings is 1. The molecule has 1 aromatic carbocycles. The molecule has 3 aromatic heterocycles. The number of nitrogens with one attached hydrogen (secondary N) is 3. The summed E-state index contributed by atoms with van der Waals surface area (Å²) in [6.07, 6.45) is 5.64. The van der Waals surface area contributed by atoms with Gasteiger partial charge in [-0.05, 0) is 35.0 Å². The van der Waals surface area contributed by atoms with E-state index in [0.29, 0.717) is 29.1 Å². The fourth-order valence-corrected chi connectivity index (χ4v) is 3.94. The Balaban J connectivity index is 1.53. The second kappa shape index (κ2) is 10.6. The van der Waals surface area contributed by atoms with Gasteiger partial charge in [-0.3, -0.25) is 19.9 Å². The van der Waals surface area contributed by atoms with Gasteiger partial charge in [-0.1, -0.05) is 24.5 Å². The van der Waals surface area contributed by atoms with Crippen molar-refractivity contribution >= 4 is 34.8 Å². The molecule has 11 nitrogen and oxygen atoms in total. The van der Waals surface area contributed by atoms with Crippen LogP contribution in [0.15, 0.2) is 42.0 Å². The SMILES string of the molecule is CCCCC(=O)Nc1csc(-c2cncc(-c3ccc(C(=O)Nc4nnn[nH]4)c(OC)c3)n2)c1. The fourth-order valence-electron chi connectivity index (χ4n) is 3.15. The maximum Gasteiger partial charge on any atom is 0.261 e. The first-order valence-electron chi connectivity index (χ1n) is 10.5. The highest BCUT2D eigenvalue weighted by Crippen LogP contribution is 2.31. The summed E-state index contributed by atoms with van der Waals surface area (Å²) in [6, 6.07) is 7.00. The lowest BCUT2D eigenvalue weighted by Crippen LogP contribution is -2.14. The van der Waals surface area contributed by atoms with Crippen molar-refractivity contribution in [3.05, 3.63) is 47.6 Å². The Hall–Kier alpha value is -4.19. The van der Waals surface area contributed by atoms with Crippen LogP contribution in [0, 0.1) is 0 Å². The number of ether oxygens (including phenoxy) is 1. The van der Waals surface area contributed by atoms with Crippen molar-refractivity contribution < 1.29 is 14.3 Å². The van der Waals surface area contributed by atoms with Crippen molar-refractivity contribution in [3.8, 4) is 27.6 Å². The van der Waals surface area contributed by atoms with E-state index in [0.717, 1.165) is 29.0 Å². The van der Waals surface area contributed by atoms with Gasteiger partial charge < -0.3 is 10.1 Å². The predicted octanol–water partition coefficient (Wildman–Crippen LogP) is 3.77. The molecule has 3 N–H and O–H groups in total. The van der Waals surface area contributed by atoms with Gasteiger partial charge in [0.1, 0.15) is 5.75 Å². The topological polar surface area (TPSA) is 148 Å². The normalized spacial score (nSPS) is 10.6. The maximum absolute atomic E-state index is 12.6. The number of aromatic amines is 1. The Morgan fingerprint density at radius 2 is 2.00 bits per heavy atom. The smallest absolute Gasteiger partial charge is 0.261 e. The molecule has 4 rings (SSSR count). The zero-order valence-corrected chi connectivity index (χ0v) is 19.3. The molecular weight excluding hydrogens is 456 g/mol. The Morgan fingerprint density at radius 3 is 2.76 bits per heavy atom. The first-order chi connectivity index (χ1) is 16.6. The van der Waals surface area contributed by atoms with Crippen LogP contribution in [-0.2, 0) is 4.79 Å². The summed E-state index contributed by atoms with van der Waals surface area (Å²) in [5, 5.41) is 20.3. The molecule has 0 bridgehead atoms. The molecule has 0 spiro atoms. The van der Waals surface area contributed by atoms with E-state index in [1.165, 1.54) is 18.4 Å². The molecular formula is C22H22N8O3S. The van der Waals surface area contributed by atoms with E-state index in [1.807, 2.05) is 11.4 Å². The van der Waals surface area contributed by atoms with Crippen LogP contribution in [0.1, 0.15) is 36.5 Å². The molecule has 0 fully saturated rings. The van der Waals surface area contributed by atoms with Gasteiger partial charge in [-0.2, -0.15) is 0 Å². The molecule has 4 aromatic rings. The van der Waals surface area contributed by atoms with E-state index < -0.39 is 5.91 Å². The number of carbonyl (C=O) groups is 2. The zero-order valence-electron chi connectivity index (χ0n) is 18.5. The van der Waals surface area contributed by atoms with Crippen molar-refractivity contribution in [2.24, 2.45) is 0 Å². The number of nitrogens with zero attached hydrogens (tertiary/aromatic N) is 5. The Kier molecular flexibility index (Phi) is 7.18. The Bertz CT molecular complexity index is 1290. The van der Waals surface area contributed by atoms with E-state index in [9.17, 15) is 9.59 Å². The van der Waals surface area contributed by atoms with Gasteiger partial charge >= 0.3 is 0 Å². The number of methoxy groups -OCH3 is 1. The standard InChI is InChI=1S/C22H22N8O3S/c1-3-4-5-20(31)24-14-9-19(34-12-14)17-11-23-10-16(25-17)13-6-7-15(18(8-13)33-2)21(32)26-22-27-29-30-28-22/h6-12H,3-5H2,1-2H3,(H,24,31)(H2,26,27,28,29,30,32). The van der Waals surface area contributed by atoms with Crippen molar-refractivity contribution in [2.45, 2.75) is 26.2 Å². The lowest BCUT2D eigenvalue weighted by Gasteiger charge is -2.10. The third-order valence-electron chi connectivity index (χ3n) is 4.85. The lowest BCUT2D eigenvalue weighted by molar-refractivity contribution is -0.116. The molecule has 0 radical (unpaired) electrons. The number of aromatic nitrogens is 6. The molecule has 0 unspecified atom stereocenters. The fraction of sp³-hybridized carbons (Fsp3) is 0.227. The molecule has 0 atom stereocenters. The first kappa shape index (κ1) is 23.0. The van der Waals surface area contributed by atoms with Gasteiger partial charge in [0.25, 0.3) is 5.91 Å². The summed E-state index contributed by atoms with van der Waals surface area (Å²) in [7, 11) is 1.48. The van der Waals surface area contributed by atoms with Crippen molar-refractivity contribution in [1.82, 2.24) is 30.6 Å². The largest absolute Gasteiger partial charge is 0.496 e. The number of hydrogen-bond donors (Lipinski definition) is 3. The van der Waals surface area contributed by atoms with Crippen LogP contribution in [0.3, 0.4) is 0 Å². The number of rotatable bonds is 9. The van der Waals surface area contributed by atoms with Gasteiger partial charge in [0.15, 0.2) is 0 Å². The Morgan fingerprint density at radius 1 is 1.15 bits per heavy atom. The average molecular weight is 479 g/mol. The average Bonchev–Trinajstić information content (AvgIpc) is 3.54. The van der Waals surface area contributed by atoms with Gasteiger partial charge in [0, 0.05) is 17.4 Å². The van der Waals surface area contributed by atoms with Gasteiger partial charge in [0.2, 0.25) is 11.9 Å². The van der Waals surface area contributed by atoms with Crippen LogP contribution < -0.4 is 15.4 Å². The van der Waals surface area contributed by atoms with Crippen LogP contribution in [0.5, 0.6) is 5.75 Å². The minimum Gasteiger partial charge on any atom is -0.496 e. The van der Waals surface area contributed by atoms with Gasteiger partial charge in [0.05, 0.1) is 47.0 Å². The summed E-state index contributed by atoms with van der Waals surface area (Å²) in [6.45, 7) is 2.05. The maximum atomic E-state index is 12.6. The number of carbonyl (C=O) groups excluding carboxylic acids is 2. The summed E-state index contributed by atoms with van der Waals surface area (Å²) < 4.78 is 5.42. The number of anilines is 2. The molecule has 34 heavy (non-hydrogen) atoms. The van der Waals surface area contributed by atoms with Crippen LogP contribution >= 0.6 is 11.3 Å². The van der Waals surface area contributed by atoms with Crippen molar-refractivity contribution in [1.29, 1.82) is 0 Å². The number of thiophene rings is 1. The number of hydrogen-bond acceptors (Lipinski definition) is 9. The number of amides is 2. The monoisotopic (exact) mass is 478 g/mol. The highest BCUT2D eigenvalue weighted by Gasteiger charge is 2.16. The number of H-pyrrole nitrogens is 1. The third kappa shape index (κ3) is 5.41. The lowest BCUT2D eigenvalue weighted by atomic mass is 10.1. The van der Waals surface area contributed by atoms with Crippen LogP contribution in [0.25, 0.3) is 21.8 Å². The summed E-state index contributed by atoms with van der Waals surface area (Å²) in [5.41, 5.74) is 3.08. The third-order valence-corrected chi connectivity index (χ3v) is 5.80. The van der Waals surface area contributed by atoms with E-state index in [4.69, 9.17) is 9.72 Å². The van der Waals surface area contributed by atoms with Crippen LogP contribution in [0.4, 0.5) is 11.6 Å². The molecule has 12 heteroatoms. The highest BCUT2D eigenvalue weighted by atomic mass is 32.1. The number of tetrazole rings is 1. The zero-order chi connectivity index (χ0) is 23.9. The van der Waals surface area contributed by atoms with Gasteiger partial charge in [-0.25, -0.2) is 10.1 Å². The quantitative estimate of drug-likeness (QED) is 0.329. The molecule has 0 aliphatic rings. The highest BCUT2D eigenvalue weighted by molar-refractivity contribution is 7.14. The van der Waals surface area contributed by atoms with Crippen molar-refractivity contribution in [3.63, 3.8) is 0 Å². The van der Waals surface area contributed by atoms with Gasteiger partial charge in [-0.15, -0.1) is 11.3 Å². The second-order valence-electron chi connectivity index (χ2n) is 7.26. The minimum absolute atomic E-state index is 0.00169. The van der Waals surface area contributed by atoms with Crippen LogP contribution in [0.2, 0.25) is 0 Å². The Labute approximate surface area is 199 Å².